The van der Waals surface area contributed by atoms with E-state index < -0.39 is 0 Å². The van der Waals surface area contributed by atoms with Crippen LogP contribution in [0.2, 0.25) is 0 Å². The molecule has 2 rings (SSSR count). The predicted octanol–water partition coefficient (Wildman–Crippen LogP) is 2.76. The molecule has 0 radical (unpaired) electrons. The molecule has 0 aliphatic carbocycles. The van der Waals surface area contributed by atoms with Gasteiger partial charge in [-0.2, -0.15) is 0 Å². The van der Waals surface area contributed by atoms with Crippen molar-refractivity contribution in [2.75, 3.05) is 19.8 Å². The molecule has 1 saturated heterocycles. The molecule has 2 nitrogen and oxygen atoms in total. The van der Waals surface area contributed by atoms with Crippen molar-refractivity contribution in [1.82, 2.24) is 0 Å². The third-order valence-electron chi connectivity index (χ3n) is 3.55. The highest BCUT2D eigenvalue weighted by atomic mass is 79.9. The summed E-state index contributed by atoms with van der Waals surface area (Å²) in [6.07, 6.45) is 0. The highest BCUT2D eigenvalue weighted by Gasteiger charge is 2.52. The lowest BCUT2D eigenvalue weighted by Crippen LogP contribution is -2.58. The van der Waals surface area contributed by atoms with E-state index in [0.717, 1.165) is 13.2 Å². The zero-order valence-corrected chi connectivity index (χ0v) is 11.5. The summed E-state index contributed by atoms with van der Waals surface area (Å²) in [5, 5.41) is 0. The Morgan fingerprint density at radius 2 is 2.20 bits per heavy atom. The number of rotatable bonds is 3. The lowest BCUT2D eigenvalue weighted by atomic mass is 9.63. The highest BCUT2D eigenvalue weighted by molar-refractivity contribution is 9.11. The largest absolute Gasteiger partial charge is 0.379 e. The normalized spacial score (nSPS) is 20.0. The van der Waals surface area contributed by atoms with Gasteiger partial charge in [0.25, 0.3) is 0 Å². The van der Waals surface area contributed by atoms with E-state index in [1.54, 1.807) is 11.3 Å². The summed E-state index contributed by atoms with van der Waals surface area (Å²) in [6, 6.07) is 4.29. The van der Waals surface area contributed by atoms with Gasteiger partial charge in [-0.1, -0.05) is 13.8 Å². The first-order valence-electron chi connectivity index (χ1n) is 5.05. The van der Waals surface area contributed by atoms with E-state index in [2.05, 4.69) is 41.9 Å². The first-order chi connectivity index (χ1) is 7.02. The Balaban J connectivity index is 2.38. The van der Waals surface area contributed by atoms with Crippen LogP contribution < -0.4 is 5.73 Å². The second-order valence-electron chi connectivity index (χ2n) is 4.77. The zero-order valence-electron chi connectivity index (χ0n) is 9.05. The Morgan fingerprint density at radius 3 is 2.53 bits per heavy atom. The molecule has 1 fully saturated rings. The van der Waals surface area contributed by atoms with Crippen molar-refractivity contribution >= 4 is 27.3 Å². The molecular weight excluding hydrogens is 274 g/mol. The molecule has 1 aliphatic rings. The number of hydrogen-bond donors (Lipinski definition) is 1. The monoisotopic (exact) mass is 289 g/mol. The van der Waals surface area contributed by atoms with E-state index in [1.165, 1.54) is 8.66 Å². The van der Waals surface area contributed by atoms with Gasteiger partial charge in [0.2, 0.25) is 0 Å². The minimum atomic E-state index is 0.0928. The summed E-state index contributed by atoms with van der Waals surface area (Å²) >= 11 is 5.31. The first kappa shape index (κ1) is 11.6. The van der Waals surface area contributed by atoms with Crippen molar-refractivity contribution in [1.29, 1.82) is 0 Å². The van der Waals surface area contributed by atoms with Gasteiger partial charge < -0.3 is 10.5 Å². The van der Waals surface area contributed by atoms with Crippen LogP contribution in [0.1, 0.15) is 18.7 Å². The maximum Gasteiger partial charge on any atom is 0.0701 e. The molecule has 0 aromatic carbocycles. The SMILES string of the molecule is CC(C)(CN)C1(c2ccc(Br)s2)COC1. The quantitative estimate of drug-likeness (QED) is 0.929. The molecule has 0 saturated carbocycles. The van der Waals surface area contributed by atoms with Crippen LogP contribution >= 0.6 is 27.3 Å². The predicted molar refractivity (Wildman–Crippen MR) is 67.4 cm³/mol. The van der Waals surface area contributed by atoms with Gasteiger partial charge in [0, 0.05) is 4.88 Å². The van der Waals surface area contributed by atoms with Gasteiger partial charge in [0.05, 0.1) is 22.4 Å². The standard InChI is InChI=1S/C11H16BrNOS/c1-10(2,5-13)11(6-14-7-11)8-3-4-9(12)15-8/h3-4H,5-7,13H2,1-2H3. The average Bonchev–Trinajstić information content (AvgIpc) is 2.50. The third kappa shape index (κ3) is 1.68. The van der Waals surface area contributed by atoms with Crippen molar-refractivity contribution in [2.24, 2.45) is 11.1 Å². The molecule has 0 unspecified atom stereocenters. The fraction of sp³-hybridized carbons (Fsp3) is 0.636. The summed E-state index contributed by atoms with van der Waals surface area (Å²) in [7, 11) is 0. The summed E-state index contributed by atoms with van der Waals surface area (Å²) in [5.41, 5.74) is 6.10. The number of hydrogen-bond acceptors (Lipinski definition) is 3. The van der Waals surface area contributed by atoms with Crippen molar-refractivity contribution in [3.63, 3.8) is 0 Å². The minimum absolute atomic E-state index is 0.0928. The summed E-state index contributed by atoms with van der Waals surface area (Å²) < 4.78 is 6.60. The molecule has 0 atom stereocenters. The number of halogens is 1. The summed E-state index contributed by atoms with van der Waals surface area (Å²) in [5.74, 6) is 0. The van der Waals surface area contributed by atoms with Crippen LogP contribution in [0.15, 0.2) is 15.9 Å². The second kappa shape index (κ2) is 3.84. The Bertz CT molecular complexity index is 357. The van der Waals surface area contributed by atoms with E-state index in [4.69, 9.17) is 10.5 Å². The van der Waals surface area contributed by atoms with Crippen LogP contribution in [0.4, 0.5) is 0 Å². The van der Waals surface area contributed by atoms with Gasteiger partial charge in [-0.05, 0) is 40.0 Å². The fourth-order valence-electron chi connectivity index (χ4n) is 1.94. The lowest BCUT2D eigenvalue weighted by Gasteiger charge is -2.51. The Kier molecular flexibility index (Phi) is 2.97. The molecule has 0 amide bonds. The zero-order chi connectivity index (χ0) is 11.1. The topological polar surface area (TPSA) is 35.2 Å². The van der Waals surface area contributed by atoms with Crippen LogP contribution in [-0.2, 0) is 10.2 Å². The van der Waals surface area contributed by atoms with Gasteiger partial charge in [-0.15, -0.1) is 11.3 Å². The van der Waals surface area contributed by atoms with Gasteiger partial charge in [0.15, 0.2) is 0 Å². The number of thiophene rings is 1. The van der Waals surface area contributed by atoms with Crippen molar-refractivity contribution in [3.05, 3.63) is 20.8 Å². The van der Waals surface area contributed by atoms with Crippen molar-refractivity contribution in [2.45, 2.75) is 19.3 Å². The molecule has 2 heterocycles. The molecule has 0 bridgehead atoms. The van der Waals surface area contributed by atoms with Crippen LogP contribution in [0.3, 0.4) is 0 Å². The van der Waals surface area contributed by atoms with Gasteiger partial charge >= 0.3 is 0 Å². The molecule has 4 heteroatoms. The smallest absolute Gasteiger partial charge is 0.0701 e. The van der Waals surface area contributed by atoms with E-state index in [9.17, 15) is 0 Å². The molecule has 1 aromatic heterocycles. The van der Waals surface area contributed by atoms with Crippen molar-refractivity contribution in [3.8, 4) is 0 Å². The molecule has 1 aliphatic heterocycles. The minimum Gasteiger partial charge on any atom is -0.379 e. The van der Waals surface area contributed by atoms with E-state index in [0.29, 0.717) is 6.54 Å². The molecule has 15 heavy (non-hydrogen) atoms. The number of ether oxygens (including phenoxy) is 1. The maximum absolute atomic E-state index is 5.88. The second-order valence-corrected chi connectivity index (χ2v) is 7.23. The van der Waals surface area contributed by atoms with Gasteiger partial charge in [-0.3, -0.25) is 0 Å². The third-order valence-corrected chi connectivity index (χ3v) is 5.38. The van der Waals surface area contributed by atoms with Crippen LogP contribution in [0.5, 0.6) is 0 Å². The van der Waals surface area contributed by atoms with Crippen molar-refractivity contribution < 1.29 is 4.74 Å². The molecule has 0 spiro atoms. The Labute approximate surface area is 103 Å². The highest BCUT2D eigenvalue weighted by Crippen LogP contribution is 2.49. The van der Waals surface area contributed by atoms with Crippen LogP contribution in [0.25, 0.3) is 0 Å². The van der Waals surface area contributed by atoms with E-state index in [-0.39, 0.29) is 10.8 Å². The molecule has 2 N–H and O–H groups in total. The van der Waals surface area contributed by atoms with E-state index in [1.807, 2.05) is 0 Å². The molecule has 1 aromatic rings. The molecule has 84 valence electrons. The van der Waals surface area contributed by atoms with Gasteiger partial charge in [0.1, 0.15) is 0 Å². The average molecular weight is 290 g/mol. The summed E-state index contributed by atoms with van der Waals surface area (Å²) in [4.78, 5) is 1.39. The van der Waals surface area contributed by atoms with E-state index >= 15 is 0 Å². The van der Waals surface area contributed by atoms with Gasteiger partial charge in [-0.25, -0.2) is 0 Å². The Hall–Kier alpha value is 0.1000. The first-order valence-corrected chi connectivity index (χ1v) is 6.66. The number of nitrogens with two attached hydrogens (primary N) is 1. The Morgan fingerprint density at radius 1 is 1.53 bits per heavy atom. The fourth-order valence-corrected chi connectivity index (χ4v) is 3.67. The molecular formula is C11H16BrNOS. The van der Waals surface area contributed by atoms with Crippen LogP contribution in [0, 0.1) is 5.41 Å². The lowest BCUT2D eigenvalue weighted by molar-refractivity contribution is -0.114. The summed E-state index contributed by atoms with van der Waals surface area (Å²) in [6.45, 7) is 6.73. The maximum atomic E-state index is 5.88. The van der Waals surface area contributed by atoms with Crippen LogP contribution in [-0.4, -0.2) is 19.8 Å².